The molecule has 0 amide bonds. The van der Waals surface area contributed by atoms with Gasteiger partial charge in [0, 0.05) is 13.3 Å². The molecule has 0 fully saturated rings. The minimum atomic E-state index is -1.73. The van der Waals surface area contributed by atoms with Crippen molar-refractivity contribution in [3.05, 3.63) is 24.3 Å². The molecule has 0 N–H and O–H groups in total. The Kier molecular flexibility index (Phi) is 2.36. The average Bonchev–Trinajstić information content (AvgIpc) is 2.15. The Balaban J connectivity index is 3.02. The molecule has 3 heteroatoms. The van der Waals surface area contributed by atoms with Gasteiger partial charge in [-0.05, 0) is 18.2 Å². The van der Waals surface area contributed by atoms with Gasteiger partial charge in [0.05, 0.1) is 17.9 Å². The summed E-state index contributed by atoms with van der Waals surface area (Å²) >= 11 is 0. The van der Waals surface area contributed by atoms with Crippen LogP contribution in [0.25, 0.3) is 0 Å². The molecule has 2 nitrogen and oxygen atoms in total. The molecular formula is C9H12O2S. The van der Waals surface area contributed by atoms with Crippen molar-refractivity contribution in [1.82, 2.24) is 0 Å². The number of benzene rings is 1. The van der Waals surface area contributed by atoms with Gasteiger partial charge >= 0.3 is 0 Å². The summed E-state index contributed by atoms with van der Waals surface area (Å²) in [7, 11) is -0.143. The van der Waals surface area contributed by atoms with Gasteiger partial charge in [-0.1, -0.05) is 13.0 Å². The molecule has 2 atom stereocenters. The normalized spacial score (nSPS) is 20.2. The fourth-order valence-corrected chi connectivity index (χ4v) is 1.50. The summed E-state index contributed by atoms with van der Waals surface area (Å²) < 4.78 is 31.2. The maximum Gasteiger partial charge on any atom is 0.120 e. The number of ether oxygens (including phenoxy) is 1. The summed E-state index contributed by atoms with van der Waals surface area (Å²) in [5, 5.41) is 0. The molecule has 0 saturated heterocycles. The third kappa shape index (κ3) is 2.08. The van der Waals surface area contributed by atoms with Crippen molar-refractivity contribution in [3.8, 4) is 5.75 Å². The first-order valence-electron chi connectivity index (χ1n) is 4.51. The zero-order valence-corrected chi connectivity index (χ0v) is 7.85. The Morgan fingerprint density at radius 3 is 3.17 bits per heavy atom. The van der Waals surface area contributed by atoms with Gasteiger partial charge in [-0.15, -0.1) is 0 Å². The van der Waals surface area contributed by atoms with E-state index in [1.165, 1.54) is 14.0 Å². The van der Waals surface area contributed by atoms with Crippen molar-refractivity contribution in [2.24, 2.45) is 0 Å². The molecule has 0 radical (unpaired) electrons. The third-order valence-corrected chi connectivity index (χ3v) is 2.49. The maximum absolute atomic E-state index is 11.6. The van der Waals surface area contributed by atoms with Crippen LogP contribution < -0.4 is 4.74 Å². The molecule has 2 unspecified atom stereocenters. The summed E-state index contributed by atoms with van der Waals surface area (Å²) in [5.41, 5.74) is -1.73. The first-order chi connectivity index (χ1) is 6.45. The monoisotopic (exact) mass is 185 g/mol. The smallest absolute Gasteiger partial charge is 0.120 e. The van der Waals surface area contributed by atoms with Gasteiger partial charge in [-0.2, -0.15) is 0 Å². The number of methoxy groups -OCH3 is 1. The summed E-state index contributed by atoms with van der Waals surface area (Å²) in [6.45, 7) is 1.29. The highest BCUT2D eigenvalue weighted by molar-refractivity contribution is 7.85. The fraction of sp³-hybridized carbons (Fsp3) is 0.333. The molecule has 12 heavy (non-hydrogen) atoms. The minimum absolute atomic E-state index is 0.442. The molecule has 0 aliphatic carbocycles. The molecule has 0 aromatic heterocycles. The molecule has 0 bridgehead atoms. The SMILES string of the molecule is [1H]C([2H])(C)S(=O)c1cccc(OC)c1. The lowest BCUT2D eigenvalue weighted by atomic mass is 10.3. The molecule has 0 spiro atoms. The molecule has 66 valence electrons. The van der Waals surface area contributed by atoms with Crippen LogP contribution in [0.15, 0.2) is 29.2 Å². The molecular weight excluding hydrogens is 172 g/mol. The van der Waals surface area contributed by atoms with E-state index in [4.69, 9.17) is 7.48 Å². The highest BCUT2D eigenvalue weighted by atomic mass is 32.2. The molecule has 1 rings (SSSR count). The van der Waals surface area contributed by atoms with E-state index in [2.05, 4.69) is 0 Å². The molecule has 0 heterocycles. The zero-order valence-electron chi connectivity index (χ0n) is 9.03. The first kappa shape index (κ1) is 6.66. The van der Waals surface area contributed by atoms with E-state index in [0.717, 1.165) is 0 Å². The molecule has 0 aliphatic heterocycles. The van der Waals surface area contributed by atoms with Crippen molar-refractivity contribution in [2.75, 3.05) is 12.8 Å². The van der Waals surface area contributed by atoms with Gasteiger partial charge in [-0.3, -0.25) is 4.21 Å². The topological polar surface area (TPSA) is 26.3 Å². The molecule has 1 aromatic rings. The molecule has 0 aliphatic rings. The van der Waals surface area contributed by atoms with Crippen LogP contribution in [0.1, 0.15) is 9.67 Å². The predicted molar refractivity (Wildman–Crippen MR) is 49.9 cm³/mol. The minimum Gasteiger partial charge on any atom is -0.497 e. The van der Waals surface area contributed by atoms with Crippen molar-refractivity contribution >= 4 is 10.8 Å². The van der Waals surface area contributed by atoms with Crippen LogP contribution in [0, 0.1) is 0 Å². The number of rotatable bonds is 3. The molecule has 0 saturated carbocycles. The van der Waals surface area contributed by atoms with Crippen LogP contribution in [0.2, 0.25) is 0 Å². The maximum atomic E-state index is 11.6. The summed E-state index contributed by atoms with van der Waals surface area (Å²) in [4.78, 5) is 0.442. The lowest BCUT2D eigenvalue weighted by molar-refractivity contribution is 0.413. The zero-order chi connectivity index (χ0) is 10.8. The second-order valence-electron chi connectivity index (χ2n) is 2.15. The van der Waals surface area contributed by atoms with E-state index in [1.54, 1.807) is 24.3 Å². The van der Waals surface area contributed by atoms with Crippen LogP contribution >= 0.6 is 0 Å². The van der Waals surface area contributed by atoms with Crippen molar-refractivity contribution < 1.29 is 11.7 Å². The largest absolute Gasteiger partial charge is 0.497 e. The Morgan fingerprint density at radius 1 is 1.83 bits per heavy atom. The highest BCUT2D eigenvalue weighted by Gasteiger charge is 2.00. The van der Waals surface area contributed by atoms with Crippen molar-refractivity contribution in [2.45, 2.75) is 11.8 Å². The van der Waals surface area contributed by atoms with Gasteiger partial charge in [0.1, 0.15) is 5.75 Å². The van der Waals surface area contributed by atoms with Gasteiger partial charge in [0.15, 0.2) is 0 Å². The van der Waals surface area contributed by atoms with Gasteiger partial charge in [0.25, 0.3) is 0 Å². The summed E-state index contributed by atoms with van der Waals surface area (Å²) in [6, 6.07) is 6.63. The number of hydrogen-bond donors (Lipinski definition) is 0. The lowest BCUT2D eigenvalue weighted by Gasteiger charge is -2.01. The van der Waals surface area contributed by atoms with E-state index < -0.39 is 16.5 Å². The summed E-state index contributed by atoms with van der Waals surface area (Å²) in [6.07, 6.45) is 0. The quantitative estimate of drug-likeness (QED) is 0.718. The van der Waals surface area contributed by atoms with Crippen LogP contribution in [0.5, 0.6) is 5.75 Å². The van der Waals surface area contributed by atoms with Gasteiger partial charge in [0.2, 0.25) is 0 Å². The van der Waals surface area contributed by atoms with Crippen molar-refractivity contribution in [3.63, 3.8) is 0 Å². The first-order valence-corrected chi connectivity index (χ1v) is 4.66. The van der Waals surface area contributed by atoms with E-state index in [1.807, 2.05) is 0 Å². The van der Waals surface area contributed by atoms with Gasteiger partial charge < -0.3 is 4.74 Å². The third-order valence-electron chi connectivity index (χ3n) is 1.44. The Bertz CT molecular complexity index is 347. The Labute approximate surface area is 77.8 Å². The highest BCUT2D eigenvalue weighted by Crippen LogP contribution is 2.15. The summed E-state index contributed by atoms with van der Waals surface area (Å²) in [5.74, 6) is 0.583. The van der Waals surface area contributed by atoms with Crippen molar-refractivity contribution in [1.29, 1.82) is 0 Å². The van der Waals surface area contributed by atoms with E-state index in [9.17, 15) is 4.21 Å². The van der Waals surface area contributed by atoms with E-state index in [-0.39, 0.29) is 0 Å². The predicted octanol–water partition coefficient (Wildman–Crippen LogP) is 1.82. The van der Waals surface area contributed by atoms with Crippen LogP contribution in [-0.2, 0) is 10.8 Å². The van der Waals surface area contributed by atoms with E-state index in [0.29, 0.717) is 10.6 Å². The van der Waals surface area contributed by atoms with Crippen LogP contribution in [-0.4, -0.2) is 17.0 Å². The second-order valence-corrected chi connectivity index (χ2v) is 3.57. The van der Waals surface area contributed by atoms with Crippen LogP contribution in [0.3, 0.4) is 0 Å². The van der Waals surface area contributed by atoms with Gasteiger partial charge in [-0.25, -0.2) is 0 Å². The Morgan fingerprint density at radius 2 is 2.58 bits per heavy atom. The fourth-order valence-electron chi connectivity index (χ4n) is 0.834. The second kappa shape index (κ2) is 4.26. The van der Waals surface area contributed by atoms with E-state index >= 15 is 0 Å². The average molecular weight is 185 g/mol. The molecule has 1 aromatic carbocycles. The number of hydrogen-bond acceptors (Lipinski definition) is 2. The Hall–Kier alpha value is -0.830. The lowest BCUT2D eigenvalue weighted by Crippen LogP contribution is -1.94. The standard InChI is InChI=1S/C9H12O2S/c1-3-12(10)9-6-4-5-8(7-9)11-2/h4-7H,3H2,1-2H3/i3DH. The van der Waals surface area contributed by atoms with Crippen LogP contribution in [0.4, 0.5) is 0 Å².